The maximum absolute atomic E-state index is 5.65. The molecule has 1 aromatic carbocycles. The van der Waals surface area contributed by atoms with E-state index in [1.54, 1.807) is 0 Å². The van der Waals surface area contributed by atoms with Crippen molar-refractivity contribution in [2.45, 2.75) is 19.8 Å². The highest BCUT2D eigenvalue weighted by Gasteiger charge is 2.00. The summed E-state index contributed by atoms with van der Waals surface area (Å²) in [5, 5.41) is 7.69. The van der Waals surface area contributed by atoms with E-state index in [4.69, 9.17) is 5.73 Å². The molecule has 0 unspecified atom stereocenters. The number of hydrogen-bond donors (Lipinski definition) is 2. The Morgan fingerprint density at radius 2 is 2.00 bits per heavy atom. The van der Waals surface area contributed by atoms with Gasteiger partial charge in [0.25, 0.3) is 0 Å². The molecule has 0 bridgehead atoms. The highest BCUT2D eigenvalue weighted by atomic mass is 15.3. The number of hydrogen-bond acceptors (Lipinski definition) is 3. The molecule has 0 saturated carbocycles. The van der Waals surface area contributed by atoms with Crippen LogP contribution in [0.2, 0.25) is 0 Å². The summed E-state index contributed by atoms with van der Waals surface area (Å²) in [5.74, 6) is 1.07. The van der Waals surface area contributed by atoms with Gasteiger partial charge in [-0.1, -0.05) is 12.1 Å². The third-order valence-corrected chi connectivity index (χ3v) is 2.93. The van der Waals surface area contributed by atoms with Crippen molar-refractivity contribution in [3.63, 3.8) is 0 Å². The molecule has 0 aliphatic carbocycles. The van der Waals surface area contributed by atoms with Gasteiger partial charge in [0.15, 0.2) is 0 Å². The third kappa shape index (κ3) is 3.26. The summed E-state index contributed by atoms with van der Waals surface area (Å²) >= 11 is 0. The summed E-state index contributed by atoms with van der Waals surface area (Å²) in [6.07, 6.45) is 2.15. The van der Waals surface area contributed by atoms with Gasteiger partial charge in [-0.2, -0.15) is 5.10 Å². The van der Waals surface area contributed by atoms with Crippen LogP contribution in [0.25, 0.3) is 0 Å². The molecule has 0 aliphatic heterocycles. The molecule has 0 radical (unpaired) electrons. The quantitative estimate of drug-likeness (QED) is 0.627. The van der Waals surface area contributed by atoms with E-state index in [1.165, 1.54) is 5.56 Å². The molecule has 18 heavy (non-hydrogen) atoms. The van der Waals surface area contributed by atoms with Gasteiger partial charge in [-0.25, -0.2) is 0 Å². The summed E-state index contributed by atoms with van der Waals surface area (Å²) < 4.78 is 1.87. The summed E-state index contributed by atoms with van der Waals surface area (Å²) in [7, 11) is 1.95. The van der Waals surface area contributed by atoms with Gasteiger partial charge in [0.2, 0.25) is 0 Å². The van der Waals surface area contributed by atoms with E-state index in [2.05, 4.69) is 28.6 Å². The molecular weight excluding hydrogens is 224 g/mol. The van der Waals surface area contributed by atoms with Crippen molar-refractivity contribution in [1.29, 1.82) is 0 Å². The zero-order chi connectivity index (χ0) is 13.0. The predicted octanol–water partition coefficient (Wildman–Crippen LogP) is 2.36. The Balaban J connectivity index is 1.76. The molecule has 4 nitrogen and oxygen atoms in total. The van der Waals surface area contributed by atoms with Gasteiger partial charge in [-0.05, 0) is 37.5 Å². The molecule has 3 N–H and O–H groups in total. The van der Waals surface area contributed by atoms with Crippen molar-refractivity contribution in [2.75, 3.05) is 17.6 Å². The van der Waals surface area contributed by atoms with Crippen LogP contribution < -0.4 is 11.1 Å². The van der Waals surface area contributed by atoms with Crippen LogP contribution in [0.1, 0.15) is 17.7 Å². The summed E-state index contributed by atoms with van der Waals surface area (Å²) in [6.45, 7) is 2.95. The fourth-order valence-electron chi connectivity index (χ4n) is 1.97. The molecule has 1 aromatic heterocycles. The molecule has 0 amide bonds. The molecule has 0 spiro atoms. The average Bonchev–Trinajstić information content (AvgIpc) is 2.66. The average molecular weight is 244 g/mol. The largest absolute Gasteiger partial charge is 0.399 e. The molecule has 0 saturated heterocycles. The van der Waals surface area contributed by atoms with Crippen molar-refractivity contribution in [2.24, 2.45) is 7.05 Å². The molecule has 0 aliphatic rings. The minimum absolute atomic E-state index is 0.822. The van der Waals surface area contributed by atoms with Crippen molar-refractivity contribution in [3.8, 4) is 0 Å². The molecule has 1 heterocycles. The predicted molar refractivity (Wildman–Crippen MR) is 75.6 cm³/mol. The number of rotatable bonds is 5. The molecule has 4 heteroatoms. The maximum Gasteiger partial charge on any atom is 0.124 e. The lowest BCUT2D eigenvalue weighted by Gasteiger charge is -2.06. The second-order valence-electron chi connectivity index (χ2n) is 4.57. The van der Waals surface area contributed by atoms with E-state index in [-0.39, 0.29) is 0 Å². The van der Waals surface area contributed by atoms with Crippen molar-refractivity contribution in [3.05, 3.63) is 41.6 Å². The third-order valence-electron chi connectivity index (χ3n) is 2.93. The van der Waals surface area contributed by atoms with Gasteiger partial charge in [0.05, 0.1) is 5.69 Å². The number of anilines is 2. The Morgan fingerprint density at radius 3 is 2.61 bits per heavy atom. The Kier molecular flexibility index (Phi) is 3.87. The van der Waals surface area contributed by atoms with Gasteiger partial charge in [-0.3, -0.25) is 4.68 Å². The smallest absolute Gasteiger partial charge is 0.124 e. The van der Waals surface area contributed by atoms with E-state index in [0.717, 1.165) is 36.6 Å². The van der Waals surface area contributed by atoms with Gasteiger partial charge >= 0.3 is 0 Å². The normalized spacial score (nSPS) is 10.6. The fraction of sp³-hybridized carbons (Fsp3) is 0.357. The number of nitrogen functional groups attached to an aromatic ring is 1. The number of nitrogens with two attached hydrogens (primary N) is 1. The SMILES string of the molecule is Cc1cc(NCCCc2ccc(N)cc2)n(C)n1. The van der Waals surface area contributed by atoms with Crippen LogP contribution in [0.5, 0.6) is 0 Å². The van der Waals surface area contributed by atoms with Gasteiger partial charge in [-0.15, -0.1) is 0 Å². The first-order chi connectivity index (χ1) is 8.65. The van der Waals surface area contributed by atoms with Gasteiger partial charge in [0, 0.05) is 25.3 Å². The van der Waals surface area contributed by atoms with Crippen LogP contribution in [0.4, 0.5) is 11.5 Å². The summed E-state index contributed by atoms with van der Waals surface area (Å²) in [5.41, 5.74) is 8.84. The fourth-order valence-corrected chi connectivity index (χ4v) is 1.97. The number of nitrogens with zero attached hydrogens (tertiary/aromatic N) is 2. The van der Waals surface area contributed by atoms with Crippen molar-refractivity contribution < 1.29 is 0 Å². The standard InChI is InChI=1S/C14H20N4/c1-11-10-14(18(2)17-11)16-9-3-4-12-5-7-13(15)8-6-12/h5-8,10,16H,3-4,9,15H2,1-2H3. The van der Waals surface area contributed by atoms with Gasteiger partial charge in [0.1, 0.15) is 5.82 Å². The number of benzene rings is 1. The Hall–Kier alpha value is -1.97. The van der Waals surface area contributed by atoms with Crippen molar-refractivity contribution in [1.82, 2.24) is 9.78 Å². The topological polar surface area (TPSA) is 55.9 Å². The lowest BCUT2D eigenvalue weighted by molar-refractivity contribution is 0.751. The second-order valence-corrected chi connectivity index (χ2v) is 4.57. The van der Waals surface area contributed by atoms with E-state index >= 15 is 0 Å². The summed E-state index contributed by atoms with van der Waals surface area (Å²) in [4.78, 5) is 0. The lowest BCUT2D eigenvalue weighted by atomic mass is 10.1. The first-order valence-corrected chi connectivity index (χ1v) is 6.24. The number of nitrogens with one attached hydrogen (secondary N) is 1. The Labute approximate surface area is 108 Å². The van der Waals surface area contributed by atoms with Crippen LogP contribution in [0.15, 0.2) is 30.3 Å². The minimum Gasteiger partial charge on any atom is -0.399 e. The van der Waals surface area contributed by atoms with Gasteiger partial charge < -0.3 is 11.1 Å². The molecule has 0 fully saturated rings. The van der Waals surface area contributed by atoms with E-state index in [1.807, 2.05) is 30.8 Å². The monoisotopic (exact) mass is 244 g/mol. The first kappa shape index (κ1) is 12.5. The van der Waals surface area contributed by atoms with Crippen LogP contribution in [0.3, 0.4) is 0 Å². The van der Waals surface area contributed by atoms with Crippen LogP contribution in [-0.2, 0) is 13.5 Å². The lowest BCUT2D eigenvalue weighted by Crippen LogP contribution is -2.07. The maximum atomic E-state index is 5.65. The Bertz CT molecular complexity index is 499. The molecule has 2 aromatic rings. The van der Waals surface area contributed by atoms with E-state index in [0.29, 0.717) is 0 Å². The van der Waals surface area contributed by atoms with Crippen LogP contribution in [-0.4, -0.2) is 16.3 Å². The number of aromatic nitrogens is 2. The van der Waals surface area contributed by atoms with Crippen molar-refractivity contribution >= 4 is 11.5 Å². The first-order valence-electron chi connectivity index (χ1n) is 6.24. The zero-order valence-electron chi connectivity index (χ0n) is 11.0. The summed E-state index contributed by atoms with van der Waals surface area (Å²) in [6, 6.07) is 10.1. The zero-order valence-corrected chi connectivity index (χ0v) is 11.0. The second kappa shape index (κ2) is 5.58. The highest BCUT2D eigenvalue weighted by Crippen LogP contribution is 2.10. The number of aryl methyl sites for hydroxylation is 3. The highest BCUT2D eigenvalue weighted by molar-refractivity contribution is 5.39. The molecule has 2 rings (SSSR count). The molecule has 0 atom stereocenters. The molecular formula is C14H20N4. The Morgan fingerprint density at radius 1 is 1.28 bits per heavy atom. The molecule has 96 valence electrons. The van der Waals surface area contributed by atoms with Crippen LogP contribution >= 0.6 is 0 Å². The minimum atomic E-state index is 0.822. The van der Waals surface area contributed by atoms with E-state index < -0.39 is 0 Å². The van der Waals surface area contributed by atoms with E-state index in [9.17, 15) is 0 Å². The van der Waals surface area contributed by atoms with Crippen LogP contribution in [0, 0.1) is 6.92 Å².